The summed E-state index contributed by atoms with van der Waals surface area (Å²) in [5, 5.41) is 2.30. The number of ether oxygens (including phenoxy) is 1. The number of alkyl halides is 6. The molecule has 38 heavy (non-hydrogen) atoms. The monoisotopic (exact) mass is 537 g/mol. The van der Waals surface area contributed by atoms with Crippen molar-refractivity contribution >= 4 is 17.7 Å². The Morgan fingerprint density at radius 3 is 1.79 bits per heavy atom. The maximum absolute atomic E-state index is 13.1. The Bertz CT molecular complexity index is 1270. The van der Waals surface area contributed by atoms with E-state index in [0.29, 0.717) is 28.8 Å². The Balaban J connectivity index is 1.75. The molecule has 0 spiro atoms. The largest absolute Gasteiger partial charge is 0.467 e. The first kappa shape index (κ1) is 28.4. The quantitative estimate of drug-likeness (QED) is 0.237. The molecule has 0 saturated carbocycles. The van der Waals surface area contributed by atoms with E-state index < -0.39 is 53.4 Å². The first-order valence-corrected chi connectivity index (χ1v) is 11.1. The fraction of sp³-hybridized carbons (Fsp3) is 0.222. The SMILES string of the molecule is COC(=O)[C@@H](Cc1ccc(C(=O)c2ccccc2)cc1)NC(=O)Cc1cc(C(F)(F)F)cc(C(F)(F)F)c1. The summed E-state index contributed by atoms with van der Waals surface area (Å²) in [6, 6.07) is 14.3. The van der Waals surface area contributed by atoms with Crippen LogP contribution in [0.5, 0.6) is 0 Å². The highest BCUT2D eigenvalue weighted by atomic mass is 19.4. The standard InChI is InChI=1S/C27H21F6NO4/c1-38-25(37)22(13-16-7-9-19(10-8-16)24(36)18-5-3-2-4-6-18)34-23(35)14-17-11-20(26(28,29)30)15-21(12-17)27(31,32)33/h2-12,15,22H,13-14H2,1H3,(H,34,35)/t22-/m1/s1. The topological polar surface area (TPSA) is 72.5 Å². The van der Waals surface area contributed by atoms with Gasteiger partial charge in [0, 0.05) is 17.5 Å². The van der Waals surface area contributed by atoms with E-state index in [2.05, 4.69) is 10.1 Å². The molecular weight excluding hydrogens is 516 g/mol. The van der Waals surface area contributed by atoms with Crippen molar-refractivity contribution in [3.05, 3.63) is 106 Å². The first-order valence-electron chi connectivity index (χ1n) is 11.1. The molecule has 1 N–H and O–H groups in total. The predicted octanol–water partition coefficient (Wildman–Crippen LogP) is 5.40. The van der Waals surface area contributed by atoms with Crippen LogP contribution in [0.4, 0.5) is 26.3 Å². The fourth-order valence-corrected chi connectivity index (χ4v) is 3.67. The zero-order valence-electron chi connectivity index (χ0n) is 19.8. The Morgan fingerprint density at radius 2 is 1.29 bits per heavy atom. The molecule has 0 aliphatic carbocycles. The van der Waals surface area contributed by atoms with Crippen molar-refractivity contribution in [3.8, 4) is 0 Å². The third-order valence-electron chi connectivity index (χ3n) is 5.52. The van der Waals surface area contributed by atoms with E-state index in [1.165, 1.54) is 12.1 Å². The molecule has 1 atom stereocenters. The number of amides is 1. The van der Waals surface area contributed by atoms with Crippen molar-refractivity contribution in [1.29, 1.82) is 0 Å². The van der Waals surface area contributed by atoms with Crippen LogP contribution in [-0.4, -0.2) is 30.8 Å². The summed E-state index contributed by atoms with van der Waals surface area (Å²) >= 11 is 0. The average Bonchev–Trinajstić information content (AvgIpc) is 2.87. The Morgan fingerprint density at radius 1 is 0.763 bits per heavy atom. The van der Waals surface area contributed by atoms with Gasteiger partial charge in [-0.3, -0.25) is 9.59 Å². The minimum Gasteiger partial charge on any atom is -0.467 e. The normalized spacial score (nSPS) is 12.5. The molecule has 0 aliphatic rings. The summed E-state index contributed by atoms with van der Waals surface area (Å²) in [7, 11) is 1.06. The van der Waals surface area contributed by atoms with Gasteiger partial charge in [0.15, 0.2) is 5.78 Å². The van der Waals surface area contributed by atoms with Crippen LogP contribution in [0.1, 0.15) is 38.2 Å². The van der Waals surface area contributed by atoms with Crippen molar-refractivity contribution in [1.82, 2.24) is 5.32 Å². The van der Waals surface area contributed by atoms with Gasteiger partial charge >= 0.3 is 18.3 Å². The lowest BCUT2D eigenvalue weighted by molar-refractivity contribution is -0.145. The van der Waals surface area contributed by atoms with Crippen LogP contribution < -0.4 is 5.32 Å². The molecule has 0 aliphatic heterocycles. The van der Waals surface area contributed by atoms with Gasteiger partial charge in [-0.2, -0.15) is 26.3 Å². The highest BCUT2D eigenvalue weighted by Gasteiger charge is 2.37. The lowest BCUT2D eigenvalue weighted by atomic mass is 9.99. The van der Waals surface area contributed by atoms with E-state index in [1.54, 1.807) is 42.5 Å². The number of esters is 1. The van der Waals surface area contributed by atoms with Gasteiger partial charge in [-0.15, -0.1) is 0 Å². The number of hydrogen-bond donors (Lipinski definition) is 1. The summed E-state index contributed by atoms with van der Waals surface area (Å²) < 4.78 is 83.3. The molecule has 0 saturated heterocycles. The number of carbonyl (C=O) groups is 3. The molecule has 3 rings (SSSR count). The first-order chi connectivity index (χ1) is 17.8. The number of benzene rings is 3. The van der Waals surface area contributed by atoms with Crippen LogP contribution in [-0.2, 0) is 39.5 Å². The van der Waals surface area contributed by atoms with Crippen LogP contribution >= 0.6 is 0 Å². The summed E-state index contributed by atoms with van der Waals surface area (Å²) in [6.07, 6.45) is -11.1. The van der Waals surface area contributed by atoms with E-state index in [9.17, 15) is 40.7 Å². The van der Waals surface area contributed by atoms with E-state index >= 15 is 0 Å². The van der Waals surface area contributed by atoms with Gasteiger partial charge in [0.1, 0.15) is 6.04 Å². The van der Waals surface area contributed by atoms with Gasteiger partial charge in [-0.05, 0) is 29.3 Å². The van der Waals surface area contributed by atoms with Gasteiger partial charge in [-0.25, -0.2) is 4.79 Å². The zero-order chi connectivity index (χ0) is 28.1. The second kappa shape index (κ2) is 11.5. The summed E-state index contributed by atoms with van der Waals surface area (Å²) in [5.74, 6) is -2.08. The number of ketones is 1. The molecule has 0 radical (unpaired) electrons. The van der Waals surface area contributed by atoms with E-state index in [0.717, 1.165) is 7.11 Å². The molecule has 0 unspecified atom stereocenters. The lowest BCUT2D eigenvalue weighted by Gasteiger charge is -2.18. The molecule has 11 heteroatoms. The van der Waals surface area contributed by atoms with Crippen LogP contribution in [0.25, 0.3) is 0 Å². The highest BCUT2D eigenvalue weighted by Crippen LogP contribution is 2.36. The molecular formula is C27H21F6NO4. The van der Waals surface area contributed by atoms with Crippen molar-refractivity contribution < 1.29 is 45.5 Å². The number of halogens is 6. The van der Waals surface area contributed by atoms with Crippen LogP contribution in [0.2, 0.25) is 0 Å². The number of nitrogens with one attached hydrogen (secondary N) is 1. The Kier molecular flexibility index (Phi) is 8.60. The second-order valence-corrected chi connectivity index (χ2v) is 8.33. The van der Waals surface area contributed by atoms with Gasteiger partial charge in [0.25, 0.3) is 0 Å². The Hall–Kier alpha value is -4.15. The molecule has 0 bridgehead atoms. The maximum Gasteiger partial charge on any atom is 0.416 e. The molecule has 0 heterocycles. The molecule has 3 aromatic rings. The molecule has 0 fully saturated rings. The van der Waals surface area contributed by atoms with Crippen LogP contribution in [0.3, 0.4) is 0 Å². The molecule has 200 valence electrons. The molecule has 5 nitrogen and oxygen atoms in total. The Labute approximate surface area is 213 Å². The lowest BCUT2D eigenvalue weighted by Crippen LogP contribution is -2.43. The summed E-state index contributed by atoms with van der Waals surface area (Å²) in [6.45, 7) is 0. The average molecular weight is 537 g/mol. The minimum absolute atomic E-state index is 0.0368. The van der Waals surface area contributed by atoms with E-state index in [1.807, 2.05) is 0 Å². The number of rotatable bonds is 8. The number of hydrogen-bond acceptors (Lipinski definition) is 4. The smallest absolute Gasteiger partial charge is 0.416 e. The third kappa shape index (κ3) is 7.44. The van der Waals surface area contributed by atoms with E-state index in [-0.39, 0.29) is 18.3 Å². The minimum atomic E-state index is -5.06. The van der Waals surface area contributed by atoms with Gasteiger partial charge in [-0.1, -0.05) is 54.6 Å². The van der Waals surface area contributed by atoms with Crippen LogP contribution in [0, 0.1) is 0 Å². The van der Waals surface area contributed by atoms with E-state index in [4.69, 9.17) is 0 Å². The highest BCUT2D eigenvalue weighted by molar-refractivity contribution is 6.08. The van der Waals surface area contributed by atoms with Crippen molar-refractivity contribution in [3.63, 3.8) is 0 Å². The molecule has 1 amide bonds. The van der Waals surface area contributed by atoms with Gasteiger partial charge in [0.05, 0.1) is 24.7 Å². The predicted molar refractivity (Wildman–Crippen MR) is 124 cm³/mol. The fourth-order valence-electron chi connectivity index (χ4n) is 3.67. The molecule has 0 aromatic heterocycles. The van der Waals surface area contributed by atoms with Crippen molar-refractivity contribution in [2.24, 2.45) is 0 Å². The van der Waals surface area contributed by atoms with Gasteiger partial charge in [0.2, 0.25) is 5.91 Å². The number of methoxy groups -OCH3 is 1. The van der Waals surface area contributed by atoms with Crippen LogP contribution in [0.15, 0.2) is 72.8 Å². The third-order valence-corrected chi connectivity index (χ3v) is 5.52. The summed E-state index contributed by atoms with van der Waals surface area (Å²) in [4.78, 5) is 37.3. The van der Waals surface area contributed by atoms with Crippen molar-refractivity contribution in [2.75, 3.05) is 7.11 Å². The maximum atomic E-state index is 13.1. The molecule has 3 aromatic carbocycles. The zero-order valence-corrected chi connectivity index (χ0v) is 19.8. The van der Waals surface area contributed by atoms with Crippen molar-refractivity contribution in [2.45, 2.75) is 31.2 Å². The summed E-state index contributed by atoms with van der Waals surface area (Å²) in [5.41, 5.74) is -2.26. The van der Waals surface area contributed by atoms with Gasteiger partial charge < -0.3 is 10.1 Å². The second-order valence-electron chi connectivity index (χ2n) is 8.33. The number of carbonyl (C=O) groups excluding carboxylic acids is 3.